The number of fused-ring (bicyclic) bond motifs is 1. The Hall–Kier alpha value is -2.90. The molecule has 0 bridgehead atoms. The molecule has 1 saturated heterocycles. The standard InChI is InChI=1S/C23H30N4O4/c28-22(29)19-9-5-13-27-20(24-25-21(19)27)10-4-8-17-11-14-26(15-12-17)23(30)31-16-18-6-2-1-3-7-18/h1-3,6-7,17,19H,4-5,8-16H2,(H,28,29). The minimum absolute atomic E-state index is 0.231. The number of piperidine rings is 1. The number of carbonyl (C=O) groups is 2. The van der Waals surface area contributed by atoms with E-state index in [1.165, 1.54) is 0 Å². The molecular formula is C23H30N4O4. The van der Waals surface area contributed by atoms with Crippen molar-refractivity contribution in [1.29, 1.82) is 0 Å². The third kappa shape index (κ3) is 5.24. The number of nitrogens with zero attached hydrogens (tertiary/aromatic N) is 4. The van der Waals surface area contributed by atoms with Gasteiger partial charge in [0.1, 0.15) is 24.2 Å². The summed E-state index contributed by atoms with van der Waals surface area (Å²) in [5, 5.41) is 17.8. The van der Waals surface area contributed by atoms with Gasteiger partial charge in [0, 0.05) is 26.1 Å². The maximum absolute atomic E-state index is 12.3. The summed E-state index contributed by atoms with van der Waals surface area (Å²) >= 11 is 0. The summed E-state index contributed by atoms with van der Waals surface area (Å²) < 4.78 is 7.45. The number of hydrogen-bond acceptors (Lipinski definition) is 5. The van der Waals surface area contributed by atoms with Crippen molar-refractivity contribution in [3.63, 3.8) is 0 Å². The molecule has 2 aliphatic rings. The molecule has 0 saturated carbocycles. The number of benzene rings is 1. The van der Waals surface area contributed by atoms with Crippen LogP contribution in [0.3, 0.4) is 0 Å². The molecule has 2 aliphatic heterocycles. The van der Waals surface area contributed by atoms with Gasteiger partial charge in [0.2, 0.25) is 0 Å². The van der Waals surface area contributed by atoms with Crippen LogP contribution in [0.15, 0.2) is 30.3 Å². The average molecular weight is 427 g/mol. The van der Waals surface area contributed by atoms with Gasteiger partial charge in [-0.3, -0.25) is 4.79 Å². The average Bonchev–Trinajstić information content (AvgIpc) is 3.21. The van der Waals surface area contributed by atoms with E-state index in [2.05, 4.69) is 10.2 Å². The van der Waals surface area contributed by atoms with Gasteiger partial charge in [0.25, 0.3) is 0 Å². The smallest absolute Gasteiger partial charge is 0.410 e. The molecule has 0 spiro atoms. The molecule has 4 rings (SSSR count). The molecule has 1 fully saturated rings. The van der Waals surface area contributed by atoms with Crippen LogP contribution in [0, 0.1) is 5.92 Å². The fourth-order valence-corrected chi connectivity index (χ4v) is 4.62. The highest BCUT2D eigenvalue weighted by molar-refractivity contribution is 5.75. The number of aromatic nitrogens is 3. The van der Waals surface area contributed by atoms with Gasteiger partial charge in [0.05, 0.1) is 0 Å². The Kier molecular flexibility index (Phi) is 6.84. The van der Waals surface area contributed by atoms with Crippen LogP contribution < -0.4 is 0 Å². The second-order valence-corrected chi connectivity index (χ2v) is 8.52. The molecule has 1 unspecified atom stereocenters. The fourth-order valence-electron chi connectivity index (χ4n) is 4.62. The van der Waals surface area contributed by atoms with E-state index in [1.54, 1.807) is 4.90 Å². The van der Waals surface area contributed by atoms with E-state index in [-0.39, 0.29) is 6.09 Å². The second-order valence-electron chi connectivity index (χ2n) is 8.52. The Morgan fingerprint density at radius 3 is 2.58 bits per heavy atom. The van der Waals surface area contributed by atoms with E-state index in [1.807, 2.05) is 34.9 Å². The fraction of sp³-hybridized carbons (Fsp3) is 0.565. The number of hydrogen-bond donors (Lipinski definition) is 1. The Morgan fingerprint density at radius 1 is 1.06 bits per heavy atom. The second kappa shape index (κ2) is 9.94. The number of carboxylic acids is 1. The molecule has 0 radical (unpaired) electrons. The molecule has 0 aliphatic carbocycles. The van der Waals surface area contributed by atoms with Crippen LogP contribution in [0.1, 0.15) is 61.7 Å². The Bertz CT molecular complexity index is 890. The zero-order chi connectivity index (χ0) is 21.6. The zero-order valence-electron chi connectivity index (χ0n) is 17.8. The minimum Gasteiger partial charge on any atom is -0.481 e. The van der Waals surface area contributed by atoms with Gasteiger partial charge in [-0.2, -0.15) is 0 Å². The summed E-state index contributed by atoms with van der Waals surface area (Å²) in [6, 6.07) is 9.73. The number of aliphatic carboxylic acids is 1. The first-order valence-electron chi connectivity index (χ1n) is 11.2. The van der Waals surface area contributed by atoms with E-state index in [0.717, 1.165) is 69.5 Å². The molecule has 1 N–H and O–H groups in total. The monoisotopic (exact) mass is 426 g/mol. The molecule has 8 nitrogen and oxygen atoms in total. The lowest BCUT2D eigenvalue weighted by Gasteiger charge is -2.31. The molecule has 1 aromatic carbocycles. The van der Waals surface area contributed by atoms with E-state index >= 15 is 0 Å². The number of ether oxygens (including phenoxy) is 1. The Balaban J connectivity index is 1.18. The van der Waals surface area contributed by atoms with Crippen molar-refractivity contribution in [3.05, 3.63) is 47.5 Å². The third-order valence-corrected chi connectivity index (χ3v) is 6.43. The number of carbonyl (C=O) groups excluding carboxylic acids is 1. The first-order valence-corrected chi connectivity index (χ1v) is 11.2. The highest BCUT2D eigenvalue weighted by Crippen LogP contribution is 2.28. The predicted octanol–water partition coefficient (Wildman–Crippen LogP) is 3.61. The van der Waals surface area contributed by atoms with Gasteiger partial charge in [-0.05, 0) is 50.0 Å². The van der Waals surface area contributed by atoms with Crippen molar-refractivity contribution in [2.75, 3.05) is 13.1 Å². The molecule has 31 heavy (non-hydrogen) atoms. The van der Waals surface area contributed by atoms with Gasteiger partial charge < -0.3 is 19.3 Å². The number of carboxylic acid groups (broad SMARTS) is 1. The third-order valence-electron chi connectivity index (χ3n) is 6.43. The van der Waals surface area contributed by atoms with Gasteiger partial charge in [-0.1, -0.05) is 30.3 Å². The van der Waals surface area contributed by atoms with Crippen molar-refractivity contribution < 1.29 is 19.4 Å². The van der Waals surface area contributed by atoms with Crippen LogP contribution in [-0.4, -0.2) is 49.9 Å². The van der Waals surface area contributed by atoms with Crippen molar-refractivity contribution in [2.24, 2.45) is 5.92 Å². The highest BCUT2D eigenvalue weighted by atomic mass is 16.6. The number of likely N-dealkylation sites (tertiary alicyclic amines) is 1. The van der Waals surface area contributed by atoms with Crippen LogP contribution in [0.2, 0.25) is 0 Å². The molecule has 1 aromatic heterocycles. The number of aryl methyl sites for hydroxylation is 1. The summed E-state index contributed by atoms with van der Waals surface area (Å²) in [4.78, 5) is 25.5. The van der Waals surface area contributed by atoms with Gasteiger partial charge in [-0.25, -0.2) is 4.79 Å². The van der Waals surface area contributed by atoms with Crippen molar-refractivity contribution >= 4 is 12.1 Å². The SMILES string of the molecule is O=C(O)C1CCCn2c(CCCC3CCN(C(=O)OCc4ccccc4)CC3)nnc21. The first kappa shape index (κ1) is 21.3. The van der Waals surface area contributed by atoms with Crippen molar-refractivity contribution in [1.82, 2.24) is 19.7 Å². The molecule has 2 aromatic rings. The van der Waals surface area contributed by atoms with Gasteiger partial charge in [-0.15, -0.1) is 10.2 Å². The summed E-state index contributed by atoms with van der Waals surface area (Å²) in [5.41, 5.74) is 0.996. The summed E-state index contributed by atoms with van der Waals surface area (Å²) in [6.45, 7) is 2.59. The summed E-state index contributed by atoms with van der Waals surface area (Å²) in [6.07, 6.45) is 6.13. The molecular weight excluding hydrogens is 396 g/mol. The van der Waals surface area contributed by atoms with Crippen LogP contribution >= 0.6 is 0 Å². The molecule has 1 amide bonds. The first-order chi connectivity index (χ1) is 15.1. The lowest BCUT2D eigenvalue weighted by molar-refractivity contribution is -0.139. The Morgan fingerprint density at radius 2 is 1.84 bits per heavy atom. The van der Waals surface area contributed by atoms with Gasteiger partial charge in [0.15, 0.2) is 0 Å². The predicted molar refractivity (Wildman–Crippen MR) is 113 cm³/mol. The molecule has 1 atom stereocenters. The van der Waals surface area contributed by atoms with Crippen LogP contribution in [0.4, 0.5) is 4.79 Å². The maximum atomic E-state index is 12.3. The highest BCUT2D eigenvalue weighted by Gasteiger charge is 2.30. The number of amides is 1. The van der Waals surface area contributed by atoms with E-state index in [9.17, 15) is 14.7 Å². The number of rotatable bonds is 7. The minimum atomic E-state index is -0.811. The lowest BCUT2D eigenvalue weighted by Crippen LogP contribution is -2.38. The topological polar surface area (TPSA) is 97.5 Å². The van der Waals surface area contributed by atoms with Crippen LogP contribution in [0.5, 0.6) is 0 Å². The van der Waals surface area contributed by atoms with Gasteiger partial charge >= 0.3 is 12.1 Å². The largest absolute Gasteiger partial charge is 0.481 e. The molecule has 8 heteroatoms. The zero-order valence-corrected chi connectivity index (χ0v) is 17.8. The van der Waals surface area contributed by atoms with Crippen molar-refractivity contribution in [3.8, 4) is 0 Å². The van der Waals surface area contributed by atoms with Crippen LogP contribution in [0.25, 0.3) is 0 Å². The molecule has 166 valence electrons. The Labute approximate surface area is 182 Å². The quantitative estimate of drug-likeness (QED) is 0.726. The maximum Gasteiger partial charge on any atom is 0.410 e. The van der Waals surface area contributed by atoms with E-state index in [4.69, 9.17) is 4.74 Å². The lowest BCUT2D eigenvalue weighted by atomic mass is 9.91. The van der Waals surface area contributed by atoms with E-state index in [0.29, 0.717) is 24.8 Å². The van der Waals surface area contributed by atoms with E-state index < -0.39 is 11.9 Å². The summed E-state index contributed by atoms with van der Waals surface area (Å²) in [5.74, 6) is 0.766. The van der Waals surface area contributed by atoms with Crippen molar-refractivity contribution in [2.45, 2.75) is 64.0 Å². The summed E-state index contributed by atoms with van der Waals surface area (Å²) in [7, 11) is 0. The normalized spacial score (nSPS) is 19.1. The molecule has 3 heterocycles. The van der Waals surface area contributed by atoms with Crippen LogP contribution in [-0.2, 0) is 29.1 Å².